The van der Waals surface area contributed by atoms with Crippen LogP contribution in [0, 0.1) is 6.92 Å². The molecule has 1 unspecified atom stereocenters. The lowest BCUT2D eigenvalue weighted by molar-refractivity contribution is 0.158. The fourth-order valence-corrected chi connectivity index (χ4v) is 4.34. The van der Waals surface area contributed by atoms with Gasteiger partial charge >= 0.3 is 0 Å². The van der Waals surface area contributed by atoms with E-state index >= 15 is 0 Å². The Hall–Kier alpha value is -2.31. The molecule has 2 aliphatic rings. The summed E-state index contributed by atoms with van der Waals surface area (Å²) in [6.07, 6.45) is 12.2. The van der Waals surface area contributed by atoms with Crippen LogP contribution in [0.1, 0.15) is 58.4 Å². The molecule has 0 fully saturated rings. The van der Waals surface area contributed by atoms with Gasteiger partial charge in [0, 0.05) is 57.3 Å². The van der Waals surface area contributed by atoms with Crippen LogP contribution in [-0.4, -0.2) is 64.0 Å². The summed E-state index contributed by atoms with van der Waals surface area (Å²) in [4.78, 5) is 9.85. The summed E-state index contributed by atoms with van der Waals surface area (Å²) in [6, 6.07) is 6.93. The molecule has 1 aliphatic carbocycles. The lowest BCUT2D eigenvalue weighted by atomic mass is 10.1. The van der Waals surface area contributed by atoms with Crippen LogP contribution in [0.5, 0.6) is 0 Å². The van der Waals surface area contributed by atoms with Crippen molar-refractivity contribution in [3.63, 3.8) is 0 Å². The van der Waals surface area contributed by atoms with Crippen molar-refractivity contribution in [3.05, 3.63) is 47.7 Å². The van der Waals surface area contributed by atoms with E-state index in [9.17, 15) is 0 Å². The molecular formula is C28H46N4O2. The van der Waals surface area contributed by atoms with Crippen LogP contribution in [-0.2, 0) is 9.47 Å². The van der Waals surface area contributed by atoms with Gasteiger partial charge in [0.2, 0.25) is 0 Å². The highest BCUT2D eigenvalue weighted by atomic mass is 16.5. The van der Waals surface area contributed by atoms with Crippen molar-refractivity contribution in [1.82, 2.24) is 4.90 Å². The summed E-state index contributed by atoms with van der Waals surface area (Å²) in [7, 11) is 3.25. The first-order valence-electron chi connectivity index (χ1n) is 12.9. The minimum absolute atomic E-state index is 0.326. The van der Waals surface area contributed by atoms with Gasteiger partial charge in [-0.1, -0.05) is 25.5 Å². The molecule has 1 N–H and O–H groups in total. The molecule has 0 bridgehead atoms. The Morgan fingerprint density at radius 2 is 1.94 bits per heavy atom. The van der Waals surface area contributed by atoms with Crippen LogP contribution in [0.4, 0.5) is 11.4 Å². The van der Waals surface area contributed by atoms with E-state index in [4.69, 9.17) is 9.73 Å². The number of nitrogens with zero attached hydrogens (tertiary/aromatic N) is 3. The first kappa shape index (κ1) is 27.9. The predicted molar refractivity (Wildman–Crippen MR) is 146 cm³/mol. The van der Waals surface area contributed by atoms with E-state index in [0.29, 0.717) is 19.4 Å². The van der Waals surface area contributed by atoms with Gasteiger partial charge in [-0.25, -0.2) is 0 Å². The molecule has 190 valence electrons. The number of rotatable bonds is 12. The van der Waals surface area contributed by atoms with Crippen molar-refractivity contribution >= 4 is 17.2 Å². The summed E-state index contributed by atoms with van der Waals surface area (Å²) in [6.45, 7) is 13.1. The smallest absolute Gasteiger partial charge is 0.116 e. The number of unbranched alkanes of at least 4 members (excludes halogenated alkanes) is 1. The minimum Gasteiger partial charge on any atom is -0.388 e. The van der Waals surface area contributed by atoms with Gasteiger partial charge in [0.1, 0.15) is 12.6 Å². The number of benzene rings is 1. The first-order valence-corrected chi connectivity index (χ1v) is 12.9. The molecule has 3 rings (SSSR count). The number of aliphatic imine (C=N–C) groups is 1. The molecule has 6 nitrogen and oxygen atoms in total. The second-order valence-electron chi connectivity index (χ2n) is 8.72. The zero-order valence-corrected chi connectivity index (χ0v) is 22.3. The number of ether oxygens (including phenoxy) is 2. The molecule has 0 aromatic heterocycles. The van der Waals surface area contributed by atoms with Crippen LogP contribution in [0.15, 0.2) is 47.1 Å². The normalized spacial score (nSPS) is 16.8. The highest BCUT2D eigenvalue weighted by Crippen LogP contribution is 2.29. The second kappa shape index (κ2) is 15.6. The third-order valence-corrected chi connectivity index (χ3v) is 6.19. The fourth-order valence-electron chi connectivity index (χ4n) is 4.34. The Labute approximate surface area is 207 Å². The molecule has 1 aromatic rings. The molecule has 0 saturated carbocycles. The highest BCUT2D eigenvalue weighted by molar-refractivity contribution is 5.87. The number of amidine groups is 1. The maximum Gasteiger partial charge on any atom is 0.116 e. The number of methoxy groups -OCH3 is 1. The lowest BCUT2D eigenvalue weighted by Gasteiger charge is -2.23. The average molecular weight is 471 g/mol. The van der Waals surface area contributed by atoms with E-state index in [2.05, 4.69) is 84.0 Å². The zero-order chi connectivity index (χ0) is 24.8. The van der Waals surface area contributed by atoms with Crippen molar-refractivity contribution in [2.24, 2.45) is 4.99 Å². The molecule has 6 heteroatoms. The van der Waals surface area contributed by atoms with Crippen LogP contribution < -0.4 is 10.2 Å². The van der Waals surface area contributed by atoms with Gasteiger partial charge < -0.3 is 24.6 Å². The number of aryl methyl sites for hydroxylation is 1. The van der Waals surface area contributed by atoms with E-state index in [1.54, 1.807) is 14.2 Å². The molecule has 0 amide bonds. The monoisotopic (exact) mass is 470 g/mol. The van der Waals surface area contributed by atoms with Crippen LogP contribution in [0.2, 0.25) is 0 Å². The molecule has 1 atom stereocenters. The number of anilines is 2. The lowest BCUT2D eigenvalue weighted by Crippen LogP contribution is -2.29. The van der Waals surface area contributed by atoms with Gasteiger partial charge in [0.15, 0.2) is 0 Å². The number of hydrogen-bond donors (Lipinski definition) is 1. The van der Waals surface area contributed by atoms with Crippen LogP contribution >= 0.6 is 0 Å². The van der Waals surface area contributed by atoms with Crippen molar-refractivity contribution in [1.29, 1.82) is 0 Å². The summed E-state index contributed by atoms with van der Waals surface area (Å²) < 4.78 is 10.2. The molecule has 1 aliphatic heterocycles. The first-order chi connectivity index (χ1) is 16.6. The van der Waals surface area contributed by atoms with Crippen LogP contribution in [0.3, 0.4) is 0 Å². The molecule has 0 spiro atoms. The number of nitrogens with one attached hydrogen (secondary N) is 1. The fraction of sp³-hybridized carbons (Fsp3) is 0.607. The molecular weight excluding hydrogens is 424 g/mol. The van der Waals surface area contributed by atoms with Crippen molar-refractivity contribution in [2.75, 3.05) is 57.4 Å². The Balaban J connectivity index is 0.00000129. The Bertz CT molecular complexity index is 815. The highest BCUT2D eigenvalue weighted by Gasteiger charge is 2.29. The average Bonchev–Trinajstić information content (AvgIpc) is 2.99. The SMILES string of the molecule is CCCCN1C2=CC=CCCC2N=C1CCOCNc1ccc(N(CC)CC)cc1C.COC. The van der Waals surface area contributed by atoms with E-state index in [0.717, 1.165) is 44.6 Å². The maximum absolute atomic E-state index is 5.94. The minimum atomic E-state index is 0.326. The summed E-state index contributed by atoms with van der Waals surface area (Å²) in [5.41, 5.74) is 5.04. The number of allylic oxidation sites excluding steroid dienone is 3. The van der Waals surface area contributed by atoms with E-state index < -0.39 is 0 Å². The maximum atomic E-state index is 5.94. The number of hydrogen-bond acceptors (Lipinski definition) is 6. The Morgan fingerprint density at radius 3 is 2.62 bits per heavy atom. The molecule has 1 heterocycles. The zero-order valence-electron chi connectivity index (χ0n) is 22.3. The second-order valence-corrected chi connectivity index (χ2v) is 8.72. The number of fused-ring (bicyclic) bond motifs is 1. The Kier molecular flexibility index (Phi) is 12.8. The Morgan fingerprint density at radius 1 is 1.18 bits per heavy atom. The quantitative estimate of drug-likeness (QED) is 0.300. The predicted octanol–water partition coefficient (Wildman–Crippen LogP) is 6.00. The van der Waals surface area contributed by atoms with E-state index in [1.807, 2.05) is 0 Å². The third-order valence-electron chi connectivity index (χ3n) is 6.19. The third kappa shape index (κ3) is 8.17. The summed E-state index contributed by atoms with van der Waals surface area (Å²) in [5.74, 6) is 1.19. The van der Waals surface area contributed by atoms with Gasteiger partial charge in [0.05, 0.1) is 12.6 Å². The molecule has 0 saturated heterocycles. The van der Waals surface area contributed by atoms with Crippen molar-refractivity contribution in [2.45, 2.75) is 65.8 Å². The summed E-state index contributed by atoms with van der Waals surface area (Å²) in [5, 5.41) is 3.43. The van der Waals surface area contributed by atoms with E-state index in [1.165, 1.54) is 35.6 Å². The molecule has 34 heavy (non-hydrogen) atoms. The molecule has 0 radical (unpaired) electrons. The van der Waals surface area contributed by atoms with Gasteiger partial charge in [-0.15, -0.1) is 0 Å². The van der Waals surface area contributed by atoms with Crippen LogP contribution in [0.25, 0.3) is 0 Å². The molecule has 1 aromatic carbocycles. The van der Waals surface area contributed by atoms with Gasteiger partial charge in [-0.2, -0.15) is 0 Å². The topological polar surface area (TPSA) is 49.3 Å². The standard InChI is InChI=1S/C26H40N4O.C2H6O/c1-5-8-17-30-25-13-11-9-10-12-24(25)28-26(30)16-18-31-20-27-23-15-14-22(19-21(23)4)29(6-2)7-3;1-3-2/h9,11,13-15,19,24,27H,5-8,10,12,16-18,20H2,1-4H3;1-2H3. The van der Waals surface area contributed by atoms with Crippen molar-refractivity contribution in [3.8, 4) is 0 Å². The van der Waals surface area contributed by atoms with Gasteiger partial charge in [-0.05, 0) is 69.9 Å². The van der Waals surface area contributed by atoms with Gasteiger partial charge in [-0.3, -0.25) is 4.99 Å². The largest absolute Gasteiger partial charge is 0.388 e. The van der Waals surface area contributed by atoms with Crippen molar-refractivity contribution < 1.29 is 9.47 Å². The van der Waals surface area contributed by atoms with E-state index in [-0.39, 0.29) is 0 Å². The summed E-state index contributed by atoms with van der Waals surface area (Å²) >= 11 is 0. The van der Waals surface area contributed by atoms with Gasteiger partial charge in [0.25, 0.3) is 0 Å².